The van der Waals surface area contributed by atoms with Gasteiger partial charge in [-0.1, -0.05) is 33.5 Å². The molecule has 0 radical (unpaired) electrons. The summed E-state index contributed by atoms with van der Waals surface area (Å²) in [7, 11) is -1.42. The number of alkyl halides is 3. The summed E-state index contributed by atoms with van der Waals surface area (Å²) >= 11 is 0. The fourth-order valence-electron chi connectivity index (χ4n) is 4.40. The van der Waals surface area contributed by atoms with Crippen molar-refractivity contribution in [1.82, 2.24) is 14.9 Å². The number of urea groups is 1. The van der Waals surface area contributed by atoms with E-state index in [0.717, 1.165) is 30.4 Å². The molecule has 42 heavy (non-hydrogen) atoms. The standard InChI is InChI=1S/C28H35F5N4O4Si/c1-17(2)27(14-40-15-27)13-35-26(38)36-18-10-20(29)24(21(30)11-18)41-22-6-7-34-25-23(22)19(28(31,32)33)12-37(25)16-39-8-9-42(3,4)5/h6-7,10-12,17H,8-9,13-16H2,1-5H3,(H2,35,36,38). The van der Waals surface area contributed by atoms with E-state index >= 15 is 8.78 Å². The Morgan fingerprint density at radius 2 is 1.86 bits per heavy atom. The van der Waals surface area contributed by atoms with Crippen LogP contribution in [0.1, 0.15) is 19.4 Å². The van der Waals surface area contributed by atoms with Gasteiger partial charge in [-0.3, -0.25) is 0 Å². The van der Waals surface area contributed by atoms with Crippen molar-refractivity contribution in [2.75, 3.05) is 31.7 Å². The van der Waals surface area contributed by atoms with Crippen molar-refractivity contribution in [2.24, 2.45) is 11.3 Å². The summed E-state index contributed by atoms with van der Waals surface area (Å²) in [4.78, 5) is 16.4. The molecule has 3 aromatic rings. The van der Waals surface area contributed by atoms with Crippen molar-refractivity contribution in [3.8, 4) is 11.5 Å². The second-order valence-electron chi connectivity index (χ2n) is 12.1. The minimum Gasteiger partial charge on any atom is -0.450 e. The number of nitrogens with zero attached hydrogens (tertiary/aromatic N) is 2. The number of amides is 2. The molecule has 0 unspecified atom stereocenters. The van der Waals surface area contributed by atoms with Gasteiger partial charge >= 0.3 is 12.2 Å². The van der Waals surface area contributed by atoms with Crippen LogP contribution in [-0.4, -0.2) is 50.0 Å². The molecule has 1 aliphatic heterocycles. The minimum absolute atomic E-state index is 0.111. The van der Waals surface area contributed by atoms with Crippen LogP contribution in [0.2, 0.25) is 25.7 Å². The molecule has 1 aromatic carbocycles. The van der Waals surface area contributed by atoms with E-state index in [4.69, 9.17) is 14.2 Å². The minimum atomic E-state index is -4.80. The van der Waals surface area contributed by atoms with Gasteiger partial charge in [0.2, 0.25) is 0 Å². The second kappa shape index (κ2) is 12.2. The van der Waals surface area contributed by atoms with Crippen molar-refractivity contribution in [3.05, 3.63) is 47.8 Å². The number of anilines is 1. The average molecular weight is 615 g/mol. The van der Waals surface area contributed by atoms with Gasteiger partial charge in [0.05, 0.1) is 24.2 Å². The van der Waals surface area contributed by atoms with Crippen LogP contribution in [-0.2, 0) is 22.4 Å². The second-order valence-corrected chi connectivity index (χ2v) is 17.7. The fraction of sp³-hybridized carbons (Fsp3) is 0.500. The van der Waals surface area contributed by atoms with Gasteiger partial charge in [-0.2, -0.15) is 13.2 Å². The molecular weight excluding hydrogens is 579 g/mol. The maximum Gasteiger partial charge on any atom is 0.418 e. The van der Waals surface area contributed by atoms with Crippen molar-refractivity contribution >= 4 is 30.8 Å². The van der Waals surface area contributed by atoms with Crippen molar-refractivity contribution in [2.45, 2.75) is 52.4 Å². The Bertz CT molecular complexity index is 1410. The lowest BCUT2D eigenvalue weighted by molar-refractivity contribution is -0.136. The highest BCUT2D eigenvalue weighted by atomic mass is 28.3. The first-order valence-corrected chi connectivity index (χ1v) is 17.2. The molecular formula is C28H35F5N4O4Si. The third-order valence-corrected chi connectivity index (χ3v) is 9.03. The molecule has 2 N–H and O–H groups in total. The first-order valence-electron chi connectivity index (χ1n) is 13.5. The van der Waals surface area contributed by atoms with Gasteiger partial charge in [0.1, 0.15) is 18.1 Å². The Hall–Kier alpha value is -3.23. The van der Waals surface area contributed by atoms with Gasteiger partial charge in [0, 0.05) is 56.9 Å². The van der Waals surface area contributed by atoms with Crippen LogP contribution >= 0.6 is 0 Å². The quantitative estimate of drug-likeness (QED) is 0.135. The molecule has 1 saturated heterocycles. The van der Waals surface area contributed by atoms with Crippen LogP contribution in [0.3, 0.4) is 0 Å². The Kier molecular flexibility index (Phi) is 9.19. The van der Waals surface area contributed by atoms with E-state index < -0.39 is 54.4 Å². The van der Waals surface area contributed by atoms with Crippen LogP contribution in [0.25, 0.3) is 11.0 Å². The van der Waals surface area contributed by atoms with Crippen LogP contribution in [0.5, 0.6) is 11.5 Å². The number of hydrogen-bond donors (Lipinski definition) is 2. The number of carbonyl (C=O) groups is 1. The van der Waals surface area contributed by atoms with E-state index in [-0.39, 0.29) is 29.4 Å². The number of pyridine rings is 1. The molecule has 0 bridgehead atoms. The lowest BCUT2D eigenvalue weighted by Crippen LogP contribution is -2.54. The highest BCUT2D eigenvalue weighted by Crippen LogP contribution is 2.42. The predicted molar refractivity (Wildman–Crippen MR) is 150 cm³/mol. The number of fused-ring (bicyclic) bond motifs is 1. The summed E-state index contributed by atoms with van der Waals surface area (Å²) in [5, 5.41) is 4.60. The smallest absolute Gasteiger partial charge is 0.418 e. The maximum absolute atomic E-state index is 15.0. The number of aromatic nitrogens is 2. The number of nitrogens with one attached hydrogen (secondary N) is 2. The summed E-state index contributed by atoms with van der Waals surface area (Å²) < 4.78 is 89.5. The Labute approximate surface area is 241 Å². The first-order chi connectivity index (χ1) is 19.6. The number of halogens is 5. The van der Waals surface area contributed by atoms with Crippen LogP contribution < -0.4 is 15.4 Å². The van der Waals surface area contributed by atoms with Gasteiger partial charge in [0.25, 0.3) is 0 Å². The highest BCUT2D eigenvalue weighted by molar-refractivity contribution is 6.76. The Balaban J connectivity index is 1.54. The van der Waals surface area contributed by atoms with E-state index in [2.05, 4.69) is 35.3 Å². The summed E-state index contributed by atoms with van der Waals surface area (Å²) in [6.45, 7) is 12.0. The van der Waals surface area contributed by atoms with Gasteiger partial charge in [-0.05, 0) is 18.0 Å². The lowest BCUT2D eigenvalue weighted by atomic mass is 9.75. The molecule has 2 amide bonds. The SMILES string of the molecule is CC(C)C1(CNC(=O)Nc2cc(F)c(Oc3ccnc4c3c(C(F)(F)F)cn4COCC[Si](C)(C)C)c(F)c2)COC1. The number of hydrogen-bond acceptors (Lipinski definition) is 5. The van der Waals surface area contributed by atoms with Crippen LogP contribution in [0, 0.1) is 23.0 Å². The number of ether oxygens (including phenoxy) is 3. The Morgan fingerprint density at radius 3 is 2.40 bits per heavy atom. The molecule has 0 atom stereocenters. The molecule has 0 aliphatic carbocycles. The highest BCUT2D eigenvalue weighted by Gasteiger charge is 2.41. The van der Waals surface area contributed by atoms with Crippen LogP contribution in [0.4, 0.5) is 32.4 Å². The van der Waals surface area contributed by atoms with Crippen LogP contribution in [0.15, 0.2) is 30.6 Å². The fourth-order valence-corrected chi connectivity index (χ4v) is 5.16. The number of rotatable bonds is 11. The third kappa shape index (κ3) is 7.21. The van der Waals surface area contributed by atoms with Crippen molar-refractivity contribution in [1.29, 1.82) is 0 Å². The van der Waals surface area contributed by atoms with Gasteiger partial charge in [0.15, 0.2) is 17.4 Å². The number of carbonyl (C=O) groups excluding carboxylic acids is 1. The zero-order chi connectivity index (χ0) is 30.9. The monoisotopic (exact) mass is 614 g/mol. The first kappa shape index (κ1) is 31.7. The predicted octanol–water partition coefficient (Wildman–Crippen LogP) is 7.23. The van der Waals surface area contributed by atoms with Crippen molar-refractivity contribution in [3.63, 3.8) is 0 Å². The molecule has 0 saturated carbocycles. The van der Waals surface area contributed by atoms with E-state index in [1.165, 1.54) is 10.8 Å². The average Bonchev–Trinajstić information content (AvgIpc) is 3.23. The van der Waals surface area contributed by atoms with Gasteiger partial charge in [-0.15, -0.1) is 0 Å². The molecule has 230 valence electrons. The van der Waals surface area contributed by atoms with E-state index in [1.807, 2.05) is 13.8 Å². The molecule has 1 fully saturated rings. The maximum atomic E-state index is 15.0. The topological polar surface area (TPSA) is 86.6 Å². The normalized spacial score (nSPS) is 15.1. The molecule has 3 heterocycles. The summed E-state index contributed by atoms with van der Waals surface area (Å²) in [5.74, 6) is -3.56. The van der Waals surface area contributed by atoms with Crippen molar-refractivity contribution < 1.29 is 41.0 Å². The molecule has 1 aliphatic rings. The zero-order valence-corrected chi connectivity index (χ0v) is 25.1. The molecule has 4 rings (SSSR count). The summed E-state index contributed by atoms with van der Waals surface area (Å²) in [6.07, 6.45) is -2.78. The molecule has 2 aromatic heterocycles. The largest absolute Gasteiger partial charge is 0.450 e. The summed E-state index contributed by atoms with van der Waals surface area (Å²) in [6, 6.07) is 2.89. The molecule has 8 nitrogen and oxygen atoms in total. The Morgan fingerprint density at radius 1 is 1.19 bits per heavy atom. The summed E-state index contributed by atoms with van der Waals surface area (Å²) in [5.41, 5.74) is -1.60. The zero-order valence-electron chi connectivity index (χ0n) is 24.1. The van der Waals surface area contributed by atoms with Gasteiger partial charge in [-0.25, -0.2) is 18.6 Å². The molecule has 14 heteroatoms. The number of benzene rings is 1. The lowest BCUT2D eigenvalue weighted by Gasteiger charge is -2.44. The van der Waals surface area contributed by atoms with E-state index in [0.29, 0.717) is 26.4 Å². The van der Waals surface area contributed by atoms with Gasteiger partial charge < -0.3 is 29.4 Å². The third-order valence-electron chi connectivity index (χ3n) is 7.32. The van der Waals surface area contributed by atoms with E-state index in [1.54, 1.807) is 0 Å². The molecule has 0 spiro atoms. The van der Waals surface area contributed by atoms with E-state index in [9.17, 15) is 18.0 Å².